The number of carbonyl (C=O) groups excluding carboxylic acids is 1. The summed E-state index contributed by atoms with van der Waals surface area (Å²) in [6.07, 6.45) is -3.12. The van der Waals surface area contributed by atoms with Crippen molar-refractivity contribution in [3.05, 3.63) is 10.8 Å². The van der Waals surface area contributed by atoms with Gasteiger partial charge in [-0.2, -0.15) is 17.7 Å². The van der Waals surface area contributed by atoms with Crippen LogP contribution < -0.4 is 0 Å². The van der Waals surface area contributed by atoms with Gasteiger partial charge in [0.05, 0.1) is 0 Å². The third kappa shape index (κ3) is 3.14. The largest absolute Gasteiger partial charge is 0.453 e. The fraction of sp³-hybridized carbons (Fsp3) is 0.636. The quantitative estimate of drug-likeness (QED) is 0.848. The van der Waals surface area contributed by atoms with Crippen LogP contribution in [0.25, 0.3) is 4.96 Å². The first-order valence-electron chi connectivity index (χ1n) is 6.47. The van der Waals surface area contributed by atoms with Crippen molar-refractivity contribution in [2.75, 3.05) is 13.1 Å². The van der Waals surface area contributed by atoms with Gasteiger partial charge in [-0.05, 0) is 12.8 Å². The molecule has 0 bridgehead atoms. The molecule has 0 radical (unpaired) electrons. The molecule has 0 N–H and O–H groups in total. The summed E-state index contributed by atoms with van der Waals surface area (Å²) in [5.41, 5.74) is 0. The molecule has 0 atom stereocenters. The van der Waals surface area contributed by atoms with Gasteiger partial charge in [-0.25, -0.2) is 0 Å². The van der Waals surface area contributed by atoms with E-state index in [1.165, 1.54) is 0 Å². The van der Waals surface area contributed by atoms with Gasteiger partial charge < -0.3 is 4.90 Å². The maximum atomic E-state index is 12.7. The molecule has 116 valence electrons. The van der Waals surface area contributed by atoms with Crippen molar-refractivity contribution in [1.82, 2.24) is 24.7 Å². The highest BCUT2D eigenvalue weighted by Gasteiger charge is 2.38. The second kappa shape index (κ2) is 5.96. The molecule has 0 saturated heterocycles. The number of fused-ring (bicyclic) bond motifs is 1. The van der Waals surface area contributed by atoms with Crippen molar-refractivity contribution in [2.45, 2.75) is 32.9 Å². The van der Waals surface area contributed by atoms with Crippen molar-refractivity contribution in [3.8, 4) is 0 Å². The van der Waals surface area contributed by atoms with Gasteiger partial charge >= 0.3 is 6.18 Å². The first kappa shape index (κ1) is 15.7. The lowest BCUT2D eigenvalue weighted by molar-refractivity contribution is -0.146. The van der Waals surface area contributed by atoms with E-state index in [4.69, 9.17) is 0 Å². The van der Waals surface area contributed by atoms with Crippen molar-refractivity contribution < 1.29 is 18.0 Å². The van der Waals surface area contributed by atoms with Gasteiger partial charge in [0.25, 0.3) is 11.7 Å². The van der Waals surface area contributed by atoms with Gasteiger partial charge in [0.2, 0.25) is 9.97 Å². The Morgan fingerprint density at radius 1 is 1.24 bits per heavy atom. The zero-order valence-electron chi connectivity index (χ0n) is 11.5. The Morgan fingerprint density at radius 2 is 1.86 bits per heavy atom. The zero-order valence-corrected chi connectivity index (χ0v) is 12.3. The molecule has 0 aromatic carbocycles. The number of alkyl halides is 3. The lowest BCUT2D eigenvalue weighted by atomic mass is 10.3. The molecule has 0 aliphatic heterocycles. The first-order valence-corrected chi connectivity index (χ1v) is 7.28. The van der Waals surface area contributed by atoms with E-state index in [9.17, 15) is 18.0 Å². The highest BCUT2D eigenvalue weighted by molar-refractivity contribution is 7.18. The van der Waals surface area contributed by atoms with Crippen LogP contribution in [0.15, 0.2) is 0 Å². The minimum Gasteiger partial charge on any atom is -0.337 e. The molecular weight excluding hydrogens is 307 g/mol. The molecule has 6 nitrogen and oxygen atoms in total. The fourth-order valence-electron chi connectivity index (χ4n) is 1.87. The van der Waals surface area contributed by atoms with Gasteiger partial charge in [-0.1, -0.05) is 25.2 Å². The number of aromatic nitrogens is 4. The number of carbonyl (C=O) groups is 1. The Kier molecular flexibility index (Phi) is 4.45. The highest BCUT2D eigenvalue weighted by atomic mass is 32.1. The van der Waals surface area contributed by atoms with E-state index in [1.807, 2.05) is 13.8 Å². The van der Waals surface area contributed by atoms with E-state index < -0.39 is 12.0 Å². The molecule has 10 heteroatoms. The summed E-state index contributed by atoms with van der Waals surface area (Å²) in [7, 11) is 0. The summed E-state index contributed by atoms with van der Waals surface area (Å²) in [6, 6.07) is 0. The second-order valence-corrected chi connectivity index (χ2v) is 5.37. The Balaban J connectivity index is 2.34. The van der Waals surface area contributed by atoms with Crippen LogP contribution in [0.3, 0.4) is 0 Å². The van der Waals surface area contributed by atoms with E-state index in [0.29, 0.717) is 17.6 Å². The van der Waals surface area contributed by atoms with E-state index in [-0.39, 0.29) is 15.9 Å². The minimum atomic E-state index is -4.65. The van der Waals surface area contributed by atoms with Crippen molar-refractivity contribution in [1.29, 1.82) is 0 Å². The lowest BCUT2D eigenvalue weighted by Crippen LogP contribution is -2.32. The molecule has 0 spiro atoms. The van der Waals surface area contributed by atoms with Crippen molar-refractivity contribution in [3.63, 3.8) is 0 Å². The molecule has 0 saturated carbocycles. The van der Waals surface area contributed by atoms with E-state index in [2.05, 4.69) is 15.3 Å². The Labute approximate surface area is 122 Å². The van der Waals surface area contributed by atoms with E-state index in [0.717, 1.165) is 24.2 Å². The molecule has 2 rings (SSSR count). The van der Waals surface area contributed by atoms with Gasteiger partial charge in [-0.3, -0.25) is 4.79 Å². The third-order valence-corrected chi connectivity index (χ3v) is 3.59. The van der Waals surface area contributed by atoms with Crippen LogP contribution >= 0.6 is 11.3 Å². The number of hydrogen-bond acceptors (Lipinski definition) is 5. The summed E-state index contributed by atoms with van der Waals surface area (Å²) >= 11 is 0.809. The maximum absolute atomic E-state index is 12.7. The average Bonchev–Trinajstić information content (AvgIpc) is 2.95. The Hall–Kier alpha value is -1.71. The maximum Gasteiger partial charge on any atom is 0.453 e. The normalized spacial score (nSPS) is 12.0. The SMILES string of the molecule is CCCN(CCC)C(=O)c1nn2c(C(F)(F)F)nnc2s1. The number of amides is 1. The first-order chi connectivity index (χ1) is 9.88. The summed E-state index contributed by atoms with van der Waals surface area (Å²) in [5, 5.41) is 10.2. The molecule has 0 unspecified atom stereocenters. The van der Waals surface area contributed by atoms with Gasteiger partial charge in [0, 0.05) is 13.1 Å². The number of hydrogen-bond donors (Lipinski definition) is 0. The van der Waals surface area contributed by atoms with Crippen LogP contribution in [0.2, 0.25) is 0 Å². The molecular formula is C11H14F3N5OS. The van der Waals surface area contributed by atoms with Crippen LogP contribution in [0.4, 0.5) is 13.2 Å². The van der Waals surface area contributed by atoms with Crippen molar-refractivity contribution >= 4 is 22.2 Å². The number of nitrogens with zero attached hydrogens (tertiary/aromatic N) is 5. The molecule has 2 aromatic heterocycles. The molecule has 2 aromatic rings. The van der Waals surface area contributed by atoms with Crippen LogP contribution in [0.1, 0.15) is 42.3 Å². The summed E-state index contributed by atoms with van der Waals surface area (Å²) < 4.78 is 38.7. The molecule has 21 heavy (non-hydrogen) atoms. The predicted molar refractivity (Wildman–Crippen MR) is 70.1 cm³/mol. The summed E-state index contributed by atoms with van der Waals surface area (Å²) in [4.78, 5) is 13.8. The van der Waals surface area contributed by atoms with Gasteiger partial charge in [-0.15, -0.1) is 15.3 Å². The van der Waals surface area contributed by atoms with Crippen LogP contribution in [-0.4, -0.2) is 43.7 Å². The van der Waals surface area contributed by atoms with Gasteiger partial charge in [0.15, 0.2) is 0 Å². The van der Waals surface area contributed by atoms with Gasteiger partial charge in [0.1, 0.15) is 0 Å². The summed E-state index contributed by atoms with van der Waals surface area (Å²) in [5.74, 6) is -1.59. The lowest BCUT2D eigenvalue weighted by Gasteiger charge is -2.19. The minimum absolute atomic E-state index is 0.00713. The summed E-state index contributed by atoms with van der Waals surface area (Å²) in [6.45, 7) is 4.93. The molecule has 0 aliphatic carbocycles. The molecule has 0 aliphatic rings. The fourth-order valence-corrected chi connectivity index (χ4v) is 2.68. The average molecular weight is 321 g/mol. The monoisotopic (exact) mass is 321 g/mol. The Bertz CT molecular complexity index is 629. The second-order valence-electron chi connectivity index (χ2n) is 4.42. The standard InChI is InChI=1S/C11H14F3N5OS/c1-3-5-18(6-4-2)8(20)7-17-19-9(11(12,13)14)15-16-10(19)21-7/h3-6H2,1-2H3. The Morgan fingerprint density at radius 3 is 2.38 bits per heavy atom. The molecule has 0 fully saturated rings. The number of rotatable bonds is 5. The van der Waals surface area contributed by atoms with Crippen LogP contribution in [0.5, 0.6) is 0 Å². The van der Waals surface area contributed by atoms with Crippen molar-refractivity contribution in [2.24, 2.45) is 0 Å². The zero-order chi connectivity index (χ0) is 15.6. The topological polar surface area (TPSA) is 63.4 Å². The van der Waals surface area contributed by atoms with Crippen LogP contribution in [0, 0.1) is 0 Å². The smallest absolute Gasteiger partial charge is 0.337 e. The van der Waals surface area contributed by atoms with Crippen LogP contribution in [-0.2, 0) is 6.18 Å². The third-order valence-electron chi connectivity index (χ3n) is 2.70. The number of halogens is 3. The predicted octanol–water partition coefficient (Wildman–Crippen LogP) is 2.47. The van der Waals surface area contributed by atoms with E-state index >= 15 is 0 Å². The van der Waals surface area contributed by atoms with E-state index in [1.54, 1.807) is 4.90 Å². The molecule has 1 amide bonds. The highest BCUT2D eigenvalue weighted by Crippen LogP contribution is 2.29. The molecule has 2 heterocycles.